The van der Waals surface area contributed by atoms with E-state index in [2.05, 4.69) is 80.9 Å². The number of nitrogens with one attached hydrogen (secondary N) is 5. The molecule has 5 atom stereocenters. The highest BCUT2D eigenvalue weighted by Crippen LogP contribution is 2.46. The van der Waals surface area contributed by atoms with Crippen LogP contribution in [0.4, 0.5) is 9.59 Å². The van der Waals surface area contributed by atoms with Gasteiger partial charge in [0.25, 0.3) is 0 Å². The van der Waals surface area contributed by atoms with E-state index in [0.29, 0.717) is 13.1 Å². The van der Waals surface area contributed by atoms with Crippen molar-refractivity contribution in [1.82, 2.24) is 45.7 Å². The third kappa shape index (κ3) is 7.85. The Morgan fingerprint density at radius 1 is 0.807 bits per heavy atom. The average molecular weight is 780 g/mol. The number of alkyl carbamates (subject to hydrolysis) is 2. The van der Waals surface area contributed by atoms with E-state index in [0.717, 1.165) is 71.8 Å². The molecule has 3 aliphatic heterocycles. The maximum atomic E-state index is 13.6. The zero-order valence-corrected chi connectivity index (χ0v) is 33.5. The molecule has 2 aromatic heterocycles. The number of ether oxygens (including phenoxy) is 2. The Morgan fingerprint density at radius 3 is 2.05 bits per heavy atom. The molecular formula is C42H53N9O6. The number of aromatic amines is 2. The molecule has 0 radical (unpaired) electrons. The highest BCUT2D eigenvalue weighted by molar-refractivity contribution is 5.86. The second-order valence-corrected chi connectivity index (χ2v) is 15.4. The molecule has 302 valence electrons. The number of carbonyl (C=O) groups excluding carboxylic acids is 4. The molecule has 15 nitrogen and oxygen atoms in total. The minimum Gasteiger partial charge on any atom is -0.453 e. The zero-order chi connectivity index (χ0) is 40.4. The SMILES string of the molecule is CCC1NC(C)c2c(-c3cnc(C4CCCN4C(=O)CNC(=O)OC)[nH]3)ccc(-c3ccc(-c4cnc(C5CCCN5C(=O)C(NC(=O)OC)C(C)C)[nH]4)cc3)c21. The Morgan fingerprint density at radius 2 is 1.40 bits per heavy atom. The Kier molecular flexibility index (Phi) is 11.7. The van der Waals surface area contributed by atoms with Crippen LogP contribution in [0.25, 0.3) is 33.6 Å². The number of H-pyrrole nitrogens is 2. The van der Waals surface area contributed by atoms with Crippen LogP contribution in [-0.4, -0.2) is 93.6 Å². The standard InChI is InChI=1S/C42H53N9O6/c1-7-29-36-27(16-17-28(35(36)24(4)46-29)31-21-44-38(48-31)32-10-8-18-50(32)34(52)22-45-41(54)56-5)25-12-14-26(15-13-25)30-20-43-39(47-30)33-11-9-19-51(33)40(53)37(23(2)3)49-42(55)57-6/h12-17,20-21,23-24,29,32-33,37,46H,7-11,18-19,22H2,1-6H3,(H,43,47)(H,44,48)(H,45,54)(H,49,55). The van der Waals surface area contributed by atoms with Gasteiger partial charge >= 0.3 is 12.2 Å². The number of methoxy groups -OCH3 is 2. The van der Waals surface area contributed by atoms with E-state index in [4.69, 9.17) is 14.7 Å². The number of amides is 4. The van der Waals surface area contributed by atoms with Crippen LogP contribution >= 0.6 is 0 Å². The van der Waals surface area contributed by atoms with Crippen LogP contribution in [-0.2, 0) is 19.1 Å². The van der Waals surface area contributed by atoms with Crippen LogP contribution in [0.5, 0.6) is 0 Å². The minimum atomic E-state index is -0.692. The summed E-state index contributed by atoms with van der Waals surface area (Å²) in [6, 6.07) is 12.0. The van der Waals surface area contributed by atoms with Gasteiger partial charge in [-0.2, -0.15) is 0 Å². The maximum Gasteiger partial charge on any atom is 0.407 e. The van der Waals surface area contributed by atoms with Crippen LogP contribution in [0.2, 0.25) is 0 Å². The van der Waals surface area contributed by atoms with Crippen LogP contribution in [0.3, 0.4) is 0 Å². The monoisotopic (exact) mass is 779 g/mol. The second-order valence-electron chi connectivity index (χ2n) is 15.4. The average Bonchev–Trinajstić information content (AvgIpc) is 4.08. The molecule has 5 heterocycles. The summed E-state index contributed by atoms with van der Waals surface area (Å²) >= 11 is 0. The van der Waals surface area contributed by atoms with Gasteiger partial charge < -0.3 is 45.2 Å². The first-order valence-corrected chi connectivity index (χ1v) is 19.9. The van der Waals surface area contributed by atoms with E-state index in [1.807, 2.05) is 31.1 Å². The van der Waals surface area contributed by atoms with E-state index in [1.165, 1.54) is 30.9 Å². The molecule has 57 heavy (non-hydrogen) atoms. The molecule has 5 N–H and O–H groups in total. The summed E-state index contributed by atoms with van der Waals surface area (Å²) in [6.07, 6.45) is 6.61. The fraction of sp³-hybridized carbons (Fsp3) is 0.476. The van der Waals surface area contributed by atoms with Crippen molar-refractivity contribution in [3.63, 3.8) is 0 Å². The molecule has 2 saturated heterocycles. The van der Waals surface area contributed by atoms with Crippen molar-refractivity contribution in [2.24, 2.45) is 5.92 Å². The van der Waals surface area contributed by atoms with Crippen molar-refractivity contribution >= 4 is 24.0 Å². The molecular weight excluding hydrogens is 727 g/mol. The number of rotatable bonds is 11. The molecule has 0 bridgehead atoms. The summed E-state index contributed by atoms with van der Waals surface area (Å²) < 4.78 is 9.40. The van der Waals surface area contributed by atoms with Gasteiger partial charge in [-0.1, -0.05) is 57.2 Å². The molecule has 15 heteroatoms. The van der Waals surface area contributed by atoms with Crippen LogP contribution in [0.1, 0.15) is 107 Å². The summed E-state index contributed by atoms with van der Waals surface area (Å²) in [7, 11) is 2.57. The second kappa shape index (κ2) is 16.8. The van der Waals surface area contributed by atoms with Crippen LogP contribution in [0.15, 0.2) is 48.8 Å². The van der Waals surface area contributed by atoms with Crippen LogP contribution < -0.4 is 16.0 Å². The maximum absolute atomic E-state index is 13.6. The van der Waals surface area contributed by atoms with Crippen LogP contribution in [0, 0.1) is 5.92 Å². The quantitative estimate of drug-likeness (QED) is 0.116. The lowest BCUT2D eigenvalue weighted by Gasteiger charge is -2.30. The normalized spacial score (nSPS) is 20.8. The van der Waals surface area contributed by atoms with E-state index in [-0.39, 0.29) is 48.4 Å². The molecule has 3 aliphatic rings. The summed E-state index contributed by atoms with van der Waals surface area (Å²) in [5.41, 5.74) is 8.60. The molecule has 4 aromatic rings. The summed E-state index contributed by atoms with van der Waals surface area (Å²) in [5.74, 6) is 1.04. The van der Waals surface area contributed by atoms with E-state index in [9.17, 15) is 19.2 Å². The third-order valence-electron chi connectivity index (χ3n) is 11.6. The van der Waals surface area contributed by atoms with Gasteiger partial charge in [-0.05, 0) is 72.8 Å². The third-order valence-corrected chi connectivity index (χ3v) is 11.6. The van der Waals surface area contributed by atoms with Gasteiger partial charge in [0.1, 0.15) is 24.2 Å². The number of fused-ring (bicyclic) bond motifs is 1. The van der Waals surface area contributed by atoms with Gasteiger partial charge in [-0.25, -0.2) is 19.6 Å². The highest BCUT2D eigenvalue weighted by Gasteiger charge is 2.38. The summed E-state index contributed by atoms with van der Waals surface area (Å²) in [6.45, 7) is 9.27. The minimum absolute atomic E-state index is 0.109. The molecule has 7 rings (SSSR count). The first-order valence-electron chi connectivity index (χ1n) is 19.9. The first kappa shape index (κ1) is 39.5. The Balaban J connectivity index is 1.11. The van der Waals surface area contributed by atoms with Crippen molar-refractivity contribution in [1.29, 1.82) is 0 Å². The highest BCUT2D eigenvalue weighted by atomic mass is 16.5. The van der Waals surface area contributed by atoms with Crippen molar-refractivity contribution < 1.29 is 28.7 Å². The van der Waals surface area contributed by atoms with E-state index < -0.39 is 18.2 Å². The van der Waals surface area contributed by atoms with Crippen molar-refractivity contribution in [3.8, 4) is 33.6 Å². The number of imidazole rings is 2. The van der Waals surface area contributed by atoms with Crippen molar-refractivity contribution in [3.05, 3.63) is 71.6 Å². The van der Waals surface area contributed by atoms with Gasteiger partial charge in [-0.15, -0.1) is 0 Å². The Hall–Kier alpha value is -5.70. The Labute approximate surface area is 332 Å². The van der Waals surface area contributed by atoms with Crippen molar-refractivity contribution in [2.75, 3.05) is 33.9 Å². The van der Waals surface area contributed by atoms with E-state index >= 15 is 0 Å². The Bertz CT molecular complexity index is 2110. The molecule has 2 fully saturated rings. The van der Waals surface area contributed by atoms with Crippen molar-refractivity contribution in [2.45, 2.75) is 90.0 Å². The number of hydrogen-bond acceptors (Lipinski definition) is 9. The molecule has 5 unspecified atom stereocenters. The fourth-order valence-electron chi connectivity index (χ4n) is 8.74. The number of aromatic nitrogens is 4. The fourth-order valence-corrected chi connectivity index (χ4v) is 8.74. The summed E-state index contributed by atoms with van der Waals surface area (Å²) in [5, 5.41) is 9.01. The number of nitrogens with zero attached hydrogens (tertiary/aromatic N) is 4. The number of benzene rings is 2. The molecule has 0 aliphatic carbocycles. The molecule has 2 aromatic carbocycles. The lowest BCUT2D eigenvalue weighted by atomic mass is 9.87. The van der Waals surface area contributed by atoms with Gasteiger partial charge in [-0.3, -0.25) is 9.59 Å². The van der Waals surface area contributed by atoms with Gasteiger partial charge in [0.05, 0.1) is 50.1 Å². The predicted octanol–water partition coefficient (Wildman–Crippen LogP) is 6.31. The molecule has 4 amide bonds. The predicted molar refractivity (Wildman–Crippen MR) is 214 cm³/mol. The first-order chi connectivity index (χ1) is 27.5. The summed E-state index contributed by atoms with van der Waals surface area (Å²) in [4.78, 5) is 70.3. The largest absolute Gasteiger partial charge is 0.453 e. The zero-order valence-electron chi connectivity index (χ0n) is 33.5. The molecule has 0 saturated carbocycles. The van der Waals surface area contributed by atoms with E-state index in [1.54, 1.807) is 4.90 Å². The number of likely N-dealkylation sites (tertiary alicyclic amines) is 2. The number of carbonyl (C=O) groups is 4. The molecule has 0 spiro atoms. The lowest BCUT2D eigenvalue weighted by molar-refractivity contribution is -0.135. The number of hydrogen-bond donors (Lipinski definition) is 5. The van der Waals surface area contributed by atoms with Gasteiger partial charge in [0.15, 0.2) is 0 Å². The smallest absolute Gasteiger partial charge is 0.407 e. The lowest BCUT2D eigenvalue weighted by Crippen LogP contribution is -2.51. The van der Waals surface area contributed by atoms with Gasteiger partial charge in [0, 0.05) is 30.7 Å². The topological polar surface area (TPSA) is 187 Å². The van der Waals surface area contributed by atoms with Gasteiger partial charge in [0.2, 0.25) is 11.8 Å².